The number of piperazine rings is 1. The topological polar surface area (TPSA) is 88.8 Å². The monoisotopic (exact) mass is 615 g/mol. The van der Waals surface area contributed by atoms with E-state index < -0.39 is 29.6 Å². The summed E-state index contributed by atoms with van der Waals surface area (Å²) >= 11 is 0. The number of fused-ring (bicyclic) bond motifs is 1. The predicted octanol–water partition coefficient (Wildman–Crippen LogP) is 4.42. The minimum absolute atomic E-state index is 0.00566. The van der Waals surface area contributed by atoms with Gasteiger partial charge in [-0.15, -0.1) is 0 Å². The molecule has 5 rings (SSSR count). The quantitative estimate of drug-likeness (QED) is 0.303. The molecule has 0 spiro atoms. The number of anilines is 2. The zero-order valence-corrected chi connectivity index (χ0v) is 25.2. The summed E-state index contributed by atoms with van der Waals surface area (Å²) in [5.74, 6) is -1.00. The van der Waals surface area contributed by atoms with Crippen molar-refractivity contribution in [1.29, 1.82) is 5.26 Å². The van der Waals surface area contributed by atoms with Crippen LogP contribution in [-0.4, -0.2) is 84.6 Å². The van der Waals surface area contributed by atoms with Crippen molar-refractivity contribution < 1.29 is 27.1 Å². The van der Waals surface area contributed by atoms with Gasteiger partial charge in [-0.2, -0.15) is 28.4 Å². The average Bonchev–Trinajstić information content (AvgIpc) is 3.73. The molecule has 2 atom stereocenters. The number of hydrogen-bond donors (Lipinski definition) is 0. The second-order valence-corrected chi connectivity index (χ2v) is 12.3. The fourth-order valence-electron chi connectivity index (χ4n) is 6.39. The smallest absolute Gasteiger partial charge is 0.421 e. The van der Waals surface area contributed by atoms with Gasteiger partial charge >= 0.3 is 12.2 Å². The number of hydrogen-bond acceptors (Lipinski definition) is 8. The highest BCUT2D eigenvalue weighted by Crippen LogP contribution is 2.46. The van der Waals surface area contributed by atoms with Crippen molar-refractivity contribution in [2.75, 3.05) is 56.7 Å². The molecule has 3 aliphatic rings. The second-order valence-electron chi connectivity index (χ2n) is 12.3. The lowest BCUT2D eigenvalue weighted by atomic mass is 9.96. The molecule has 2 aliphatic heterocycles. The number of alkyl halides is 3. The minimum Gasteiger partial charge on any atom is -0.463 e. The highest BCUT2D eigenvalue weighted by atomic mass is 19.4. The summed E-state index contributed by atoms with van der Waals surface area (Å²) in [6.07, 6.45) is -1.22. The summed E-state index contributed by atoms with van der Waals surface area (Å²) in [4.78, 5) is 29.3. The molecule has 0 N–H and O–H groups in total. The van der Waals surface area contributed by atoms with Crippen LogP contribution in [0.4, 0.5) is 29.1 Å². The lowest BCUT2D eigenvalue weighted by molar-refractivity contribution is -0.139. The van der Waals surface area contributed by atoms with Crippen LogP contribution < -0.4 is 14.5 Å². The maximum atomic E-state index is 14.6. The maximum absolute atomic E-state index is 14.6. The average molecular weight is 616 g/mol. The van der Waals surface area contributed by atoms with Gasteiger partial charge in [-0.25, -0.2) is 4.39 Å². The van der Waals surface area contributed by atoms with Crippen molar-refractivity contribution in [3.8, 4) is 12.1 Å². The first-order chi connectivity index (χ1) is 20.9. The van der Waals surface area contributed by atoms with Gasteiger partial charge < -0.3 is 24.3 Å². The van der Waals surface area contributed by atoms with Gasteiger partial charge in [0.05, 0.1) is 43.1 Å². The van der Waals surface area contributed by atoms with E-state index >= 15 is 0 Å². The molecule has 1 saturated heterocycles. The Hall–Kier alpha value is -3.92. The van der Waals surface area contributed by atoms with Crippen LogP contribution in [0.5, 0.6) is 6.01 Å². The molecular formula is C31H37F4N7O2. The summed E-state index contributed by atoms with van der Waals surface area (Å²) in [5, 5.41) is 9.48. The molecule has 3 heterocycles. The summed E-state index contributed by atoms with van der Waals surface area (Å²) in [6.45, 7) is 7.70. The molecule has 44 heavy (non-hydrogen) atoms. The fourth-order valence-corrected chi connectivity index (χ4v) is 6.39. The Balaban J connectivity index is 1.52. The van der Waals surface area contributed by atoms with Crippen LogP contribution in [0.15, 0.2) is 30.9 Å². The zero-order valence-electron chi connectivity index (χ0n) is 25.2. The Labute approximate surface area is 254 Å². The van der Waals surface area contributed by atoms with Crippen molar-refractivity contribution in [2.45, 2.75) is 57.4 Å². The molecule has 1 unspecified atom stereocenters. The van der Waals surface area contributed by atoms with E-state index in [0.29, 0.717) is 44.2 Å². The molecule has 0 radical (unpaired) electrons. The molecule has 2 fully saturated rings. The van der Waals surface area contributed by atoms with Gasteiger partial charge in [-0.1, -0.05) is 12.6 Å². The minimum atomic E-state index is -4.88. The van der Waals surface area contributed by atoms with Crippen molar-refractivity contribution >= 4 is 17.4 Å². The van der Waals surface area contributed by atoms with E-state index in [4.69, 9.17) is 14.7 Å². The van der Waals surface area contributed by atoms with Gasteiger partial charge in [0.15, 0.2) is 0 Å². The van der Waals surface area contributed by atoms with Crippen molar-refractivity contribution in [3.63, 3.8) is 0 Å². The highest BCUT2D eigenvalue weighted by molar-refractivity contribution is 5.87. The Bertz CT molecular complexity index is 1450. The predicted molar refractivity (Wildman–Crippen MR) is 157 cm³/mol. The van der Waals surface area contributed by atoms with Crippen LogP contribution in [0.2, 0.25) is 0 Å². The van der Waals surface area contributed by atoms with E-state index in [0.717, 1.165) is 31.0 Å². The fraction of sp³-hybridized carbons (Fsp3) is 0.548. The second kappa shape index (κ2) is 12.2. The number of rotatable bonds is 9. The lowest BCUT2D eigenvalue weighted by Crippen LogP contribution is -2.55. The van der Waals surface area contributed by atoms with E-state index in [-0.39, 0.29) is 36.0 Å². The first kappa shape index (κ1) is 31.5. The number of nitriles is 1. The molecule has 236 valence electrons. The first-order valence-electron chi connectivity index (χ1n) is 14.7. The molecule has 1 aromatic carbocycles. The largest absolute Gasteiger partial charge is 0.463 e. The van der Waals surface area contributed by atoms with Crippen molar-refractivity contribution in [3.05, 3.63) is 53.5 Å². The summed E-state index contributed by atoms with van der Waals surface area (Å²) in [5.41, 5.74) is -0.296. The maximum Gasteiger partial charge on any atom is 0.421 e. The molecule has 9 nitrogen and oxygen atoms in total. The van der Waals surface area contributed by atoms with Gasteiger partial charge in [0.2, 0.25) is 5.91 Å². The summed E-state index contributed by atoms with van der Waals surface area (Å²) in [7, 11) is 4.00. The van der Waals surface area contributed by atoms with Crippen molar-refractivity contribution in [2.24, 2.45) is 5.41 Å². The first-order valence-corrected chi connectivity index (χ1v) is 14.7. The lowest BCUT2D eigenvalue weighted by Gasteiger charge is -2.43. The molecule has 1 saturated carbocycles. The van der Waals surface area contributed by atoms with Gasteiger partial charge in [-0.3, -0.25) is 4.79 Å². The van der Waals surface area contributed by atoms with Crippen molar-refractivity contribution in [1.82, 2.24) is 19.8 Å². The summed E-state index contributed by atoms with van der Waals surface area (Å²) < 4.78 is 62.7. The number of aromatic nitrogens is 2. The van der Waals surface area contributed by atoms with Crippen LogP contribution in [0.25, 0.3) is 0 Å². The Morgan fingerprint density at radius 2 is 2.02 bits per heavy atom. The molecule has 13 heteroatoms. The zero-order chi connectivity index (χ0) is 31.8. The molecule has 0 bridgehead atoms. The van der Waals surface area contributed by atoms with E-state index in [1.807, 2.05) is 19.0 Å². The number of amides is 1. The van der Waals surface area contributed by atoms with Gasteiger partial charge in [0.25, 0.3) is 0 Å². The Morgan fingerprint density at radius 1 is 1.27 bits per heavy atom. The van der Waals surface area contributed by atoms with Crippen LogP contribution in [0.1, 0.15) is 43.0 Å². The standard InChI is InChI=1S/C31H37F4N7O2/c1-5-26(43)41-14-13-40(16-21(41)9-12-36)28-22-15-20(2)42(25-8-6-7-23(32)27(25)31(33,34)35)17-24(22)37-29(38-28)44-19-30(10-11-30)18-39(3)4/h5-8,20-21H,1,9-11,13-19H2,2-4H3/t20-,21?/m0/s1. The Morgan fingerprint density at radius 3 is 2.66 bits per heavy atom. The Kier molecular flexibility index (Phi) is 8.75. The third-order valence-electron chi connectivity index (χ3n) is 8.67. The van der Waals surface area contributed by atoms with Crippen LogP contribution in [-0.2, 0) is 23.9 Å². The number of carbonyl (C=O) groups excluding carboxylic acids is 1. The van der Waals surface area contributed by atoms with Crippen LogP contribution >= 0.6 is 0 Å². The molecule has 1 aromatic heterocycles. The molecule has 2 aromatic rings. The number of carbonyl (C=O) groups is 1. The number of benzene rings is 1. The normalized spacial score (nSPS) is 21.1. The third kappa shape index (κ3) is 6.45. The molecule has 1 amide bonds. The SMILES string of the molecule is C=CC(=O)N1CCN(c2nc(OCC3(CN(C)C)CC3)nc3c2C[C@H](C)N(c2cccc(F)c2C(F)(F)F)C3)CC1CC#N. The van der Waals surface area contributed by atoms with E-state index in [9.17, 15) is 27.6 Å². The third-order valence-corrected chi connectivity index (χ3v) is 8.67. The van der Waals surface area contributed by atoms with Gasteiger partial charge in [0, 0.05) is 43.2 Å². The van der Waals surface area contributed by atoms with E-state index in [1.165, 1.54) is 23.1 Å². The number of ether oxygens (including phenoxy) is 1. The number of nitrogens with zero attached hydrogens (tertiary/aromatic N) is 7. The van der Waals surface area contributed by atoms with Gasteiger partial charge in [-0.05, 0) is 58.5 Å². The molecule has 1 aliphatic carbocycles. The van der Waals surface area contributed by atoms with E-state index in [1.54, 1.807) is 11.8 Å². The summed E-state index contributed by atoms with van der Waals surface area (Å²) in [6, 6.07) is 4.82. The van der Waals surface area contributed by atoms with Crippen LogP contribution in [0.3, 0.4) is 0 Å². The van der Waals surface area contributed by atoms with E-state index in [2.05, 4.69) is 17.5 Å². The van der Waals surface area contributed by atoms with Crippen LogP contribution in [0, 0.1) is 22.6 Å². The number of halogens is 4. The van der Waals surface area contributed by atoms with Gasteiger partial charge in [0.1, 0.15) is 17.2 Å². The molecular weight excluding hydrogens is 578 g/mol. The highest BCUT2D eigenvalue weighted by Gasteiger charge is 2.45.